The molecule has 2 fully saturated rings. The number of sulfonamides is 1. The van der Waals surface area contributed by atoms with Crippen LogP contribution in [0.1, 0.15) is 38.5 Å². The van der Waals surface area contributed by atoms with Crippen molar-refractivity contribution in [2.24, 2.45) is 11.8 Å². The molecule has 1 heterocycles. The van der Waals surface area contributed by atoms with E-state index in [4.69, 9.17) is 0 Å². The van der Waals surface area contributed by atoms with Crippen molar-refractivity contribution in [3.8, 4) is 0 Å². The number of hydrogen-bond acceptors (Lipinski definition) is 3. The minimum absolute atomic E-state index is 0.00123. The molecule has 2 rings (SSSR count). The summed E-state index contributed by atoms with van der Waals surface area (Å²) in [5.74, 6) is -3.08. The fraction of sp³-hybridized carbons (Fsp3) is 0.929. The second-order valence-corrected chi connectivity index (χ2v) is 8.33. The maximum Gasteiger partial charge on any atom is 0.392 e. The molecule has 23 heavy (non-hydrogen) atoms. The van der Waals surface area contributed by atoms with Crippen LogP contribution in [-0.2, 0) is 14.8 Å². The van der Waals surface area contributed by atoms with E-state index in [1.54, 1.807) is 0 Å². The molecule has 1 saturated heterocycles. The zero-order valence-electron chi connectivity index (χ0n) is 13.1. The number of nitrogens with one attached hydrogen (secondary N) is 1. The van der Waals surface area contributed by atoms with Crippen LogP contribution in [0.25, 0.3) is 0 Å². The molecular weight excluding hydrogens is 333 g/mol. The van der Waals surface area contributed by atoms with E-state index < -0.39 is 40.0 Å². The second-order valence-electron chi connectivity index (χ2n) is 6.55. The third kappa shape index (κ3) is 5.07. The smallest absolute Gasteiger partial charge is 0.341 e. The lowest BCUT2D eigenvalue weighted by Crippen LogP contribution is -2.52. The summed E-state index contributed by atoms with van der Waals surface area (Å²) in [6, 6.07) is -0.421. The summed E-state index contributed by atoms with van der Waals surface area (Å²) in [5.41, 5.74) is 0. The first-order valence-corrected chi connectivity index (χ1v) is 9.80. The lowest BCUT2D eigenvalue weighted by Gasteiger charge is -2.39. The van der Waals surface area contributed by atoms with E-state index in [-0.39, 0.29) is 19.4 Å². The summed E-state index contributed by atoms with van der Waals surface area (Å²) in [7, 11) is -3.40. The Labute approximate surface area is 134 Å². The van der Waals surface area contributed by atoms with Crippen LogP contribution in [0.5, 0.6) is 0 Å². The van der Waals surface area contributed by atoms with Gasteiger partial charge in [0, 0.05) is 25.0 Å². The van der Waals surface area contributed by atoms with Gasteiger partial charge in [-0.15, -0.1) is 0 Å². The van der Waals surface area contributed by atoms with Gasteiger partial charge in [0.1, 0.15) is 0 Å². The molecule has 1 N–H and O–H groups in total. The fourth-order valence-corrected chi connectivity index (χ4v) is 4.43. The van der Waals surface area contributed by atoms with Gasteiger partial charge < -0.3 is 4.90 Å². The largest absolute Gasteiger partial charge is 0.392 e. The molecule has 0 aromatic rings. The van der Waals surface area contributed by atoms with Crippen LogP contribution in [0.15, 0.2) is 0 Å². The molecule has 134 valence electrons. The van der Waals surface area contributed by atoms with Crippen LogP contribution in [-0.4, -0.2) is 50.8 Å². The molecule has 0 radical (unpaired) electrons. The summed E-state index contributed by atoms with van der Waals surface area (Å²) >= 11 is 0. The summed E-state index contributed by atoms with van der Waals surface area (Å²) in [4.78, 5) is 14.0. The maximum absolute atomic E-state index is 13.2. The molecular formula is C14H23F3N2O3S. The van der Waals surface area contributed by atoms with Gasteiger partial charge in [0.2, 0.25) is 15.9 Å². The Morgan fingerprint density at radius 3 is 2.39 bits per heavy atom. The quantitative estimate of drug-likeness (QED) is 0.840. The minimum atomic E-state index is -4.36. The van der Waals surface area contributed by atoms with Crippen molar-refractivity contribution >= 4 is 15.9 Å². The number of carbonyl (C=O) groups is 1. The Morgan fingerprint density at radius 2 is 1.78 bits per heavy atom. The molecule has 0 bridgehead atoms. The molecule has 9 heteroatoms. The number of amides is 1. The van der Waals surface area contributed by atoms with E-state index in [1.807, 2.05) is 0 Å². The number of nitrogens with zero attached hydrogens (tertiary/aromatic N) is 1. The molecule has 3 unspecified atom stereocenters. The van der Waals surface area contributed by atoms with E-state index >= 15 is 0 Å². The van der Waals surface area contributed by atoms with Gasteiger partial charge >= 0.3 is 6.18 Å². The van der Waals surface area contributed by atoms with Crippen LogP contribution in [0.2, 0.25) is 0 Å². The topological polar surface area (TPSA) is 66.5 Å². The average molecular weight is 356 g/mol. The van der Waals surface area contributed by atoms with Crippen molar-refractivity contribution in [2.45, 2.75) is 50.7 Å². The van der Waals surface area contributed by atoms with Crippen molar-refractivity contribution in [3.63, 3.8) is 0 Å². The number of alkyl halides is 3. The first-order valence-electron chi connectivity index (χ1n) is 7.91. The van der Waals surface area contributed by atoms with Gasteiger partial charge in [0.15, 0.2) is 0 Å². The Bertz CT molecular complexity index is 536. The Hall–Kier alpha value is -0.830. The molecule has 0 aromatic heterocycles. The summed E-state index contributed by atoms with van der Waals surface area (Å²) in [5, 5.41) is 0. The van der Waals surface area contributed by atoms with E-state index in [0.29, 0.717) is 32.2 Å². The van der Waals surface area contributed by atoms with Gasteiger partial charge in [-0.2, -0.15) is 13.2 Å². The molecule has 0 aromatic carbocycles. The third-order valence-corrected chi connectivity index (χ3v) is 5.38. The Balaban J connectivity index is 2.06. The third-order valence-electron chi connectivity index (χ3n) is 4.62. The van der Waals surface area contributed by atoms with E-state index in [2.05, 4.69) is 4.72 Å². The first-order chi connectivity index (χ1) is 10.6. The van der Waals surface area contributed by atoms with Crippen LogP contribution < -0.4 is 4.72 Å². The maximum atomic E-state index is 13.2. The monoisotopic (exact) mass is 356 g/mol. The van der Waals surface area contributed by atoms with Gasteiger partial charge in [0.25, 0.3) is 0 Å². The molecule has 5 nitrogen and oxygen atoms in total. The zero-order valence-corrected chi connectivity index (χ0v) is 13.9. The average Bonchev–Trinajstić information content (AvgIpc) is 2.44. The predicted molar refractivity (Wildman–Crippen MR) is 79.1 cm³/mol. The van der Waals surface area contributed by atoms with Crippen molar-refractivity contribution < 1.29 is 26.4 Å². The normalized spacial score (nSPS) is 30.3. The summed E-state index contributed by atoms with van der Waals surface area (Å²) < 4.78 is 64.5. The zero-order chi connectivity index (χ0) is 17.3. The molecule has 1 aliphatic carbocycles. The van der Waals surface area contributed by atoms with Gasteiger partial charge in [-0.05, 0) is 25.7 Å². The van der Waals surface area contributed by atoms with Crippen LogP contribution >= 0.6 is 0 Å². The highest BCUT2D eigenvalue weighted by atomic mass is 32.2. The molecule has 2 aliphatic rings. The van der Waals surface area contributed by atoms with Gasteiger partial charge in [-0.3, -0.25) is 4.79 Å². The van der Waals surface area contributed by atoms with E-state index in [9.17, 15) is 26.4 Å². The fourth-order valence-electron chi connectivity index (χ4n) is 3.63. The standard InChI is InChI=1S/C14H23F3N2O3S/c1-23(21,22)18-10-5-4-8-19(9-10)13(20)11-6-2-3-7-12(11)14(15,16)17/h10-12,18H,2-9H2,1H3. The number of rotatable bonds is 3. The van der Waals surface area contributed by atoms with Crippen LogP contribution in [0.4, 0.5) is 13.2 Å². The van der Waals surface area contributed by atoms with E-state index in [0.717, 1.165) is 6.26 Å². The second kappa shape index (κ2) is 6.96. The predicted octanol–water partition coefficient (Wildman–Crippen LogP) is 1.90. The van der Waals surface area contributed by atoms with Crippen molar-refractivity contribution in [2.75, 3.05) is 19.3 Å². The van der Waals surface area contributed by atoms with Crippen molar-refractivity contribution in [1.29, 1.82) is 0 Å². The summed E-state index contributed by atoms with van der Waals surface area (Å²) in [6.45, 7) is 0.537. The minimum Gasteiger partial charge on any atom is -0.341 e. The Morgan fingerprint density at radius 1 is 1.13 bits per heavy atom. The summed E-state index contributed by atoms with van der Waals surface area (Å²) in [6.07, 6.45) is -0.779. The Kier molecular flexibility index (Phi) is 5.60. The highest BCUT2D eigenvalue weighted by molar-refractivity contribution is 7.88. The van der Waals surface area contributed by atoms with Crippen molar-refractivity contribution in [1.82, 2.24) is 9.62 Å². The molecule has 1 amide bonds. The highest BCUT2D eigenvalue weighted by Gasteiger charge is 2.49. The van der Waals surface area contributed by atoms with Crippen LogP contribution in [0.3, 0.4) is 0 Å². The molecule has 1 saturated carbocycles. The highest BCUT2D eigenvalue weighted by Crippen LogP contribution is 2.42. The van der Waals surface area contributed by atoms with Gasteiger partial charge in [-0.25, -0.2) is 13.1 Å². The number of halogens is 3. The lowest BCUT2D eigenvalue weighted by molar-refractivity contribution is -0.201. The number of carbonyl (C=O) groups excluding carboxylic acids is 1. The van der Waals surface area contributed by atoms with Crippen LogP contribution in [0, 0.1) is 11.8 Å². The van der Waals surface area contributed by atoms with E-state index in [1.165, 1.54) is 4.90 Å². The SMILES string of the molecule is CS(=O)(=O)NC1CCCN(C(=O)C2CCCCC2C(F)(F)F)C1. The van der Waals surface area contributed by atoms with Crippen molar-refractivity contribution in [3.05, 3.63) is 0 Å². The first kappa shape index (κ1) is 18.5. The number of piperidine rings is 1. The van der Waals surface area contributed by atoms with Gasteiger partial charge in [-0.1, -0.05) is 12.8 Å². The number of likely N-dealkylation sites (tertiary alicyclic amines) is 1. The molecule has 1 aliphatic heterocycles. The number of hydrogen-bond donors (Lipinski definition) is 1. The molecule has 3 atom stereocenters. The van der Waals surface area contributed by atoms with Gasteiger partial charge in [0.05, 0.1) is 12.2 Å². The molecule has 0 spiro atoms. The lowest BCUT2D eigenvalue weighted by atomic mass is 9.77.